The van der Waals surface area contributed by atoms with Gasteiger partial charge in [0.25, 0.3) is 0 Å². The molecule has 2 fully saturated rings. The van der Waals surface area contributed by atoms with Crippen LogP contribution in [0.3, 0.4) is 0 Å². The Morgan fingerprint density at radius 1 is 0.548 bits per heavy atom. The van der Waals surface area contributed by atoms with Crippen LogP contribution in [0.2, 0.25) is 0 Å². The fourth-order valence-electron chi connectivity index (χ4n) is 6.97. The molecule has 2 rings (SSSR count). The van der Waals surface area contributed by atoms with Gasteiger partial charge >= 0.3 is 0 Å². The topological polar surface area (TPSA) is 0 Å². The standard InChI is InChI=1S/C31H57/c1-3-5-6-7-8-9-10-11-12-13-14-15-16-23-28-31(4-2,29-24-19-17-20-25-29)30-26-21-18-22-27-30/h29-30H,2-3,5-28H2,1H3. The lowest BCUT2D eigenvalue weighted by Crippen LogP contribution is -2.39. The Hall–Kier alpha value is -0.260. The summed E-state index contributed by atoms with van der Waals surface area (Å²) in [5.74, 6) is 1.78. The molecule has 2 aliphatic rings. The first kappa shape index (κ1) is 27.0. The zero-order chi connectivity index (χ0) is 22.0. The summed E-state index contributed by atoms with van der Waals surface area (Å²) >= 11 is 0. The van der Waals surface area contributed by atoms with Crippen molar-refractivity contribution in [2.24, 2.45) is 17.3 Å². The molecule has 0 aromatic carbocycles. The van der Waals surface area contributed by atoms with Gasteiger partial charge in [-0.25, -0.2) is 0 Å². The third-order valence-electron chi connectivity index (χ3n) is 8.94. The first-order valence-electron chi connectivity index (χ1n) is 14.9. The van der Waals surface area contributed by atoms with E-state index in [0.29, 0.717) is 5.41 Å². The van der Waals surface area contributed by atoms with Crippen molar-refractivity contribution in [3.05, 3.63) is 12.7 Å². The summed E-state index contributed by atoms with van der Waals surface area (Å²) in [6, 6.07) is 0. The van der Waals surface area contributed by atoms with E-state index in [9.17, 15) is 0 Å². The van der Waals surface area contributed by atoms with E-state index in [1.807, 2.05) is 0 Å². The minimum atomic E-state index is 0.359. The second-order valence-electron chi connectivity index (χ2n) is 11.2. The SMILES string of the molecule is C=[C]C(CCCCCCCCCCCCCCCC)(C1CCCCC1)C1CCCCC1. The third-order valence-corrected chi connectivity index (χ3v) is 8.94. The molecule has 0 atom stereocenters. The van der Waals surface area contributed by atoms with Crippen LogP contribution >= 0.6 is 0 Å². The monoisotopic (exact) mass is 429 g/mol. The largest absolute Gasteiger partial charge is 0.0950 e. The number of rotatable bonds is 18. The van der Waals surface area contributed by atoms with E-state index >= 15 is 0 Å². The van der Waals surface area contributed by atoms with Gasteiger partial charge in [-0.1, -0.05) is 142 Å². The zero-order valence-corrected chi connectivity index (χ0v) is 21.5. The fourth-order valence-corrected chi connectivity index (χ4v) is 6.97. The van der Waals surface area contributed by atoms with Gasteiger partial charge in [0, 0.05) is 5.41 Å². The molecule has 181 valence electrons. The first-order valence-corrected chi connectivity index (χ1v) is 14.9. The van der Waals surface area contributed by atoms with Crippen molar-refractivity contribution in [3.8, 4) is 0 Å². The number of hydrogen-bond donors (Lipinski definition) is 0. The maximum atomic E-state index is 4.34. The van der Waals surface area contributed by atoms with Crippen LogP contribution in [0, 0.1) is 23.3 Å². The third kappa shape index (κ3) is 10.0. The molecule has 0 heterocycles. The average Bonchev–Trinajstić information content (AvgIpc) is 2.83. The minimum Gasteiger partial charge on any atom is -0.0950 e. The van der Waals surface area contributed by atoms with Crippen molar-refractivity contribution in [1.29, 1.82) is 0 Å². The van der Waals surface area contributed by atoms with Crippen LogP contribution in [-0.4, -0.2) is 0 Å². The second-order valence-corrected chi connectivity index (χ2v) is 11.2. The molecule has 0 bridgehead atoms. The predicted octanol–water partition coefficient (Wildman–Crippen LogP) is 11.0. The number of unbranched alkanes of at least 4 members (excludes halogenated alkanes) is 13. The maximum Gasteiger partial charge on any atom is 0.000632 e. The highest BCUT2D eigenvalue weighted by Gasteiger charge is 2.43. The predicted molar refractivity (Wildman–Crippen MR) is 139 cm³/mol. The van der Waals surface area contributed by atoms with Gasteiger partial charge in [0.2, 0.25) is 0 Å². The molecular weight excluding hydrogens is 372 g/mol. The molecule has 0 aliphatic heterocycles. The van der Waals surface area contributed by atoms with Crippen LogP contribution in [0.15, 0.2) is 6.58 Å². The molecule has 0 nitrogen and oxygen atoms in total. The van der Waals surface area contributed by atoms with Crippen LogP contribution in [0.25, 0.3) is 0 Å². The van der Waals surface area contributed by atoms with E-state index in [0.717, 1.165) is 11.8 Å². The van der Waals surface area contributed by atoms with Crippen molar-refractivity contribution in [3.63, 3.8) is 0 Å². The van der Waals surface area contributed by atoms with E-state index in [1.54, 1.807) is 0 Å². The van der Waals surface area contributed by atoms with Gasteiger partial charge in [0.1, 0.15) is 0 Å². The Labute approximate surface area is 197 Å². The fraction of sp³-hybridized carbons (Fsp3) is 0.935. The molecule has 0 unspecified atom stereocenters. The lowest BCUT2D eigenvalue weighted by Gasteiger charge is -2.47. The Morgan fingerprint density at radius 2 is 0.903 bits per heavy atom. The molecule has 0 amide bonds. The lowest BCUT2D eigenvalue weighted by atomic mass is 9.57. The van der Waals surface area contributed by atoms with Crippen LogP contribution in [0.4, 0.5) is 0 Å². The molecule has 1 radical (unpaired) electrons. The molecule has 2 saturated carbocycles. The van der Waals surface area contributed by atoms with Crippen LogP contribution in [0.1, 0.15) is 167 Å². The molecular formula is C31H57. The van der Waals surface area contributed by atoms with Gasteiger partial charge in [-0.2, -0.15) is 0 Å². The quantitative estimate of drug-likeness (QED) is 0.190. The van der Waals surface area contributed by atoms with Crippen molar-refractivity contribution in [1.82, 2.24) is 0 Å². The Bertz CT molecular complexity index is 392. The van der Waals surface area contributed by atoms with Gasteiger partial charge in [-0.3, -0.25) is 0 Å². The zero-order valence-electron chi connectivity index (χ0n) is 21.5. The molecule has 0 N–H and O–H groups in total. The van der Waals surface area contributed by atoms with Crippen LogP contribution in [-0.2, 0) is 0 Å². The van der Waals surface area contributed by atoms with Crippen molar-refractivity contribution < 1.29 is 0 Å². The number of allylic oxidation sites excluding steroid dienone is 1. The Balaban J connectivity index is 1.58. The summed E-state index contributed by atoms with van der Waals surface area (Å²) in [5.41, 5.74) is 0.359. The van der Waals surface area contributed by atoms with Crippen LogP contribution in [0.5, 0.6) is 0 Å². The number of hydrogen-bond acceptors (Lipinski definition) is 0. The summed E-state index contributed by atoms with van der Waals surface area (Å²) in [6.45, 7) is 6.65. The summed E-state index contributed by atoms with van der Waals surface area (Å²) in [5, 5.41) is 0. The van der Waals surface area contributed by atoms with Crippen LogP contribution < -0.4 is 0 Å². The highest BCUT2D eigenvalue weighted by Crippen LogP contribution is 2.52. The Morgan fingerprint density at radius 3 is 1.26 bits per heavy atom. The molecule has 31 heavy (non-hydrogen) atoms. The molecule has 0 saturated heterocycles. The first-order chi connectivity index (χ1) is 15.3. The van der Waals surface area contributed by atoms with E-state index < -0.39 is 0 Å². The summed E-state index contributed by atoms with van der Waals surface area (Å²) in [4.78, 5) is 0. The van der Waals surface area contributed by atoms with Gasteiger partial charge < -0.3 is 0 Å². The molecule has 2 aliphatic carbocycles. The van der Waals surface area contributed by atoms with Gasteiger partial charge in [0.15, 0.2) is 0 Å². The molecule has 0 aromatic rings. The molecule has 0 heteroatoms. The van der Waals surface area contributed by atoms with E-state index in [4.69, 9.17) is 0 Å². The summed E-state index contributed by atoms with van der Waals surface area (Å²) in [7, 11) is 0. The smallest absolute Gasteiger partial charge is 0.000632 e. The minimum absolute atomic E-state index is 0.359. The van der Waals surface area contributed by atoms with Gasteiger partial charge in [-0.15, -0.1) is 0 Å². The van der Waals surface area contributed by atoms with E-state index in [2.05, 4.69) is 19.6 Å². The second kappa shape index (κ2) is 17.2. The Kier molecular flexibility index (Phi) is 15.0. The molecule has 0 aromatic heterocycles. The van der Waals surface area contributed by atoms with Crippen molar-refractivity contribution >= 4 is 0 Å². The van der Waals surface area contributed by atoms with E-state index in [1.165, 1.54) is 161 Å². The van der Waals surface area contributed by atoms with Crippen molar-refractivity contribution in [2.75, 3.05) is 0 Å². The molecule has 0 spiro atoms. The van der Waals surface area contributed by atoms with Gasteiger partial charge in [-0.05, 0) is 50.0 Å². The van der Waals surface area contributed by atoms with E-state index in [-0.39, 0.29) is 0 Å². The maximum absolute atomic E-state index is 4.34. The summed E-state index contributed by atoms with van der Waals surface area (Å²) in [6.07, 6.45) is 40.1. The normalized spacial score (nSPS) is 19.0. The average molecular weight is 430 g/mol. The highest BCUT2D eigenvalue weighted by atomic mass is 14.5. The highest BCUT2D eigenvalue weighted by molar-refractivity contribution is 5.00. The van der Waals surface area contributed by atoms with Gasteiger partial charge in [0.05, 0.1) is 0 Å². The summed E-state index contributed by atoms with van der Waals surface area (Å²) < 4.78 is 0. The van der Waals surface area contributed by atoms with Crippen molar-refractivity contribution in [2.45, 2.75) is 167 Å². The lowest BCUT2D eigenvalue weighted by molar-refractivity contribution is 0.0507.